The molecule has 110 valence electrons. The molecule has 0 fully saturated rings. The van der Waals surface area contributed by atoms with Crippen molar-refractivity contribution in [2.75, 3.05) is 19.1 Å². The fourth-order valence-corrected chi connectivity index (χ4v) is 2.36. The van der Waals surface area contributed by atoms with E-state index in [2.05, 4.69) is 19.9 Å². The minimum Gasteiger partial charge on any atom is -0.469 e. The molecular formula is C13H14N4O3S. The number of hydrogen-bond donors (Lipinski definition) is 0. The summed E-state index contributed by atoms with van der Waals surface area (Å²) in [5.41, 5.74) is 0.844. The maximum atomic E-state index is 12.0. The van der Waals surface area contributed by atoms with Crippen molar-refractivity contribution < 1.29 is 14.3 Å². The Balaban J connectivity index is 2.03. The SMILES string of the molecule is COC(=O)CCC(=O)N(C)c1nnc(-c2cccnc2)s1. The van der Waals surface area contributed by atoms with Crippen LogP contribution in [0.2, 0.25) is 0 Å². The van der Waals surface area contributed by atoms with Gasteiger partial charge in [-0.15, -0.1) is 10.2 Å². The third-order valence-corrected chi connectivity index (χ3v) is 3.80. The lowest BCUT2D eigenvalue weighted by Crippen LogP contribution is -2.26. The van der Waals surface area contributed by atoms with Crippen LogP contribution in [-0.2, 0) is 14.3 Å². The second-order valence-corrected chi connectivity index (χ2v) is 5.12. The third kappa shape index (κ3) is 3.82. The first-order chi connectivity index (χ1) is 10.1. The van der Waals surface area contributed by atoms with E-state index in [0.29, 0.717) is 10.1 Å². The van der Waals surface area contributed by atoms with Crippen LogP contribution in [0.15, 0.2) is 24.5 Å². The number of hydrogen-bond acceptors (Lipinski definition) is 7. The first-order valence-corrected chi connectivity index (χ1v) is 7.00. The number of rotatable bonds is 5. The Morgan fingerprint density at radius 1 is 1.33 bits per heavy atom. The Kier molecular flexibility index (Phi) is 4.94. The van der Waals surface area contributed by atoms with Crippen LogP contribution in [-0.4, -0.2) is 41.2 Å². The van der Waals surface area contributed by atoms with E-state index in [1.165, 1.54) is 23.3 Å². The van der Waals surface area contributed by atoms with Crippen molar-refractivity contribution in [2.24, 2.45) is 0 Å². The van der Waals surface area contributed by atoms with E-state index >= 15 is 0 Å². The van der Waals surface area contributed by atoms with Crippen LogP contribution in [0.3, 0.4) is 0 Å². The quantitative estimate of drug-likeness (QED) is 0.779. The van der Waals surface area contributed by atoms with Crippen molar-refractivity contribution in [2.45, 2.75) is 12.8 Å². The standard InChI is InChI=1S/C13H14N4O3S/c1-17(10(18)5-6-11(19)20-2)13-16-15-12(21-13)9-4-3-7-14-8-9/h3-4,7-8H,5-6H2,1-2H3. The van der Waals surface area contributed by atoms with Crippen molar-refractivity contribution in [3.8, 4) is 10.6 Å². The van der Waals surface area contributed by atoms with E-state index in [1.807, 2.05) is 12.1 Å². The average molecular weight is 306 g/mol. The number of aromatic nitrogens is 3. The van der Waals surface area contributed by atoms with Gasteiger partial charge in [-0.2, -0.15) is 0 Å². The molecule has 2 aromatic rings. The highest BCUT2D eigenvalue weighted by Crippen LogP contribution is 2.27. The van der Waals surface area contributed by atoms with Crippen molar-refractivity contribution >= 4 is 28.3 Å². The molecule has 1 amide bonds. The number of esters is 1. The molecule has 0 spiro atoms. The Morgan fingerprint density at radius 2 is 2.14 bits per heavy atom. The Morgan fingerprint density at radius 3 is 2.81 bits per heavy atom. The van der Waals surface area contributed by atoms with Crippen LogP contribution in [0.1, 0.15) is 12.8 Å². The van der Waals surface area contributed by atoms with Crippen LogP contribution in [0.5, 0.6) is 0 Å². The number of ether oxygens (including phenoxy) is 1. The van der Waals surface area contributed by atoms with E-state index in [0.717, 1.165) is 5.56 Å². The van der Waals surface area contributed by atoms with E-state index in [-0.39, 0.29) is 18.7 Å². The molecule has 0 saturated heterocycles. The molecule has 8 heteroatoms. The summed E-state index contributed by atoms with van der Waals surface area (Å²) < 4.78 is 4.51. The summed E-state index contributed by atoms with van der Waals surface area (Å²) in [5, 5.41) is 9.20. The van der Waals surface area contributed by atoms with Gasteiger partial charge < -0.3 is 4.74 Å². The summed E-state index contributed by atoms with van der Waals surface area (Å²) in [6.45, 7) is 0. The zero-order chi connectivity index (χ0) is 15.2. The molecule has 0 N–H and O–H groups in total. The summed E-state index contributed by atoms with van der Waals surface area (Å²) >= 11 is 1.29. The summed E-state index contributed by atoms with van der Waals surface area (Å²) in [5.74, 6) is -0.626. The lowest BCUT2D eigenvalue weighted by molar-refractivity contribution is -0.141. The highest BCUT2D eigenvalue weighted by Gasteiger charge is 2.17. The first kappa shape index (κ1) is 15.0. The normalized spacial score (nSPS) is 10.2. The van der Waals surface area contributed by atoms with Crippen molar-refractivity contribution in [1.29, 1.82) is 0 Å². The molecule has 2 heterocycles. The fraction of sp³-hybridized carbons (Fsp3) is 0.308. The largest absolute Gasteiger partial charge is 0.469 e. The minimum absolute atomic E-state index is 0.0495. The molecule has 2 aromatic heterocycles. The van der Waals surface area contributed by atoms with Gasteiger partial charge in [-0.05, 0) is 12.1 Å². The molecule has 0 radical (unpaired) electrons. The van der Waals surface area contributed by atoms with Crippen molar-refractivity contribution in [1.82, 2.24) is 15.2 Å². The van der Waals surface area contributed by atoms with Crippen LogP contribution in [0, 0.1) is 0 Å². The smallest absolute Gasteiger partial charge is 0.306 e. The highest BCUT2D eigenvalue weighted by molar-refractivity contribution is 7.18. The lowest BCUT2D eigenvalue weighted by Gasteiger charge is -2.12. The van der Waals surface area contributed by atoms with Gasteiger partial charge in [-0.3, -0.25) is 19.5 Å². The van der Waals surface area contributed by atoms with Gasteiger partial charge in [0.15, 0.2) is 5.01 Å². The summed E-state index contributed by atoms with van der Waals surface area (Å²) in [7, 11) is 2.90. The van der Waals surface area contributed by atoms with E-state index < -0.39 is 5.97 Å². The van der Waals surface area contributed by atoms with Gasteiger partial charge in [0.2, 0.25) is 11.0 Å². The van der Waals surface area contributed by atoms with Gasteiger partial charge in [0, 0.05) is 31.4 Å². The zero-order valence-electron chi connectivity index (χ0n) is 11.6. The van der Waals surface area contributed by atoms with Crippen molar-refractivity contribution in [3.05, 3.63) is 24.5 Å². The lowest BCUT2D eigenvalue weighted by atomic mass is 10.3. The first-order valence-electron chi connectivity index (χ1n) is 6.19. The fourth-order valence-electron chi connectivity index (χ4n) is 1.54. The second-order valence-electron chi connectivity index (χ2n) is 4.16. The van der Waals surface area contributed by atoms with Crippen molar-refractivity contribution in [3.63, 3.8) is 0 Å². The van der Waals surface area contributed by atoms with E-state index in [1.54, 1.807) is 19.4 Å². The molecule has 0 bridgehead atoms. The molecule has 21 heavy (non-hydrogen) atoms. The molecule has 0 saturated carbocycles. The molecule has 0 atom stereocenters. The summed E-state index contributed by atoms with van der Waals surface area (Å²) in [6, 6.07) is 3.68. The predicted molar refractivity (Wildman–Crippen MR) is 77.8 cm³/mol. The number of pyridine rings is 1. The van der Waals surface area contributed by atoms with Gasteiger partial charge in [-0.1, -0.05) is 11.3 Å². The van der Waals surface area contributed by atoms with Gasteiger partial charge in [0.25, 0.3) is 0 Å². The van der Waals surface area contributed by atoms with Gasteiger partial charge in [0.05, 0.1) is 13.5 Å². The van der Waals surface area contributed by atoms with Gasteiger partial charge in [0.1, 0.15) is 0 Å². The molecule has 2 rings (SSSR count). The molecule has 7 nitrogen and oxygen atoms in total. The summed E-state index contributed by atoms with van der Waals surface area (Å²) in [4.78, 5) is 28.4. The minimum atomic E-state index is -0.412. The molecule has 0 aliphatic carbocycles. The highest BCUT2D eigenvalue weighted by atomic mass is 32.1. The van der Waals surface area contributed by atoms with Crippen LogP contribution < -0.4 is 4.90 Å². The van der Waals surface area contributed by atoms with Gasteiger partial charge >= 0.3 is 5.97 Å². The maximum Gasteiger partial charge on any atom is 0.306 e. The number of anilines is 1. The second kappa shape index (κ2) is 6.89. The monoisotopic (exact) mass is 306 g/mol. The maximum absolute atomic E-state index is 12.0. The third-order valence-electron chi connectivity index (χ3n) is 2.75. The average Bonchev–Trinajstić information content (AvgIpc) is 3.02. The topological polar surface area (TPSA) is 85.3 Å². The van der Waals surface area contributed by atoms with Gasteiger partial charge in [-0.25, -0.2) is 0 Å². The van der Waals surface area contributed by atoms with E-state index in [9.17, 15) is 9.59 Å². The Labute approximate surface area is 125 Å². The molecule has 0 aliphatic heterocycles. The molecular weight excluding hydrogens is 292 g/mol. The number of carbonyl (C=O) groups is 2. The molecule has 0 aliphatic rings. The van der Waals surface area contributed by atoms with E-state index in [4.69, 9.17) is 0 Å². The Hall–Kier alpha value is -2.35. The zero-order valence-corrected chi connectivity index (χ0v) is 12.5. The number of methoxy groups -OCH3 is 1. The van der Waals surface area contributed by atoms with Crippen LogP contribution in [0.4, 0.5) is 5.13 Å². The number of carbonyl (C=O) groups excluding carboxylic acids is 2. The molecule has 0 unspecified atom stereocenters. The number of nitrogens with zero attached hydrogens (tertiary/aromatic N) is 4. The van der Waals surface area contributed by atoms with Crippen LogP contribution >= 0.6 is 11.3 Å². The number of amides is 1. The predicted octanol–water partition coefficient (Wildman–Crippen LogP) is 1.52. The van der Waals surface area contributed by atoms with Crippen LogP contribution in [0.25, 0.3) is 10.6 Å². The Bertz CT molecular complexity index is 629. The summed E-state index contributed by atoms with van der Waals surface area (Å²) in [6.07, 6.45) is 3.48. The molecule has 0 aromatic carbocycles.